The number of ether oxygens (including phenoxy) is 4. The Bertz CT molecular complexity index is 1710. The van der Waals surface area contributed by atoms with E-state index in [1.165, 1.54) is 302 Å². The topological polar surface area (TPSA) is 108 Å². The Labute approximate surface area is 577 Å². The highest BCUT2D eigenvalue weighted by atomic mass is 16.7. The average molecular weight is 1310 g/mol. The van der Waals surface area contributed by atoms with E-state index in [1.807, 2.05) is 21.1 Å². The first kappa shape index (κ1) is 90.0. The summed E-state index contributed by atoms with van der Waals surface area (Å²) in [6.45, 7) is 4.84. The van der Waals surface area contributed by atoms with Gasteiger partial charge < -0.3 is 28.5 Å². The van der Waals surface area contributed by atoms with E-state index in [4.69, 9.17) is 18.9 Å². The highest BCUT2D eigenvalue weighted by molar-refractivity contribution is 5.71. The molecule has 0 fully saturated rings. The second-order valence-corrected chi connectivity index (χ2v) is 28.7. The maximum Gasteiger partial charge on any atom is 0.361 e. The Morgan fingerprint density at radius 1 is 0.333 bits per heavy atom. The van der Waals surface area contributed by atoms with Crippen LogP contribution in [0.5, 0.6) is 0 Å². The summed E-state index contributed by atoms with van der Waals surface area (Å²) in [7, 11) is 6.00. The molecule has 0 radical (unpaired) electrons. The number of carboxylic acids is 1. The number of carbonyl (C=O) groups is 3. The molecule has 0 heterocycles. The van der Waals surface area contributed by atoms with E-state index in [0.717, 1.165) is 70.6 Å². The van der Waals surface area contributed by atoms with Crippen molar-refractivity contribution in [2.75, 3.05) is 47.5 Å². The Morgan fingerprint density at radius 3 is 0.914 bits per heavy atom. The van der Waals surface area contributed by atoms with E-state index in [9.17, 15) is 19.5 Å². The molecule has 0 saturated carbocycles. The van der Waals surface area contributed by atoms with Crippen molar-refractivity contribution >= 4 is 17.9 Å². The van der Waals surface area contributed by atoms with Gasteiger partial charge in [-0.1, -0.05) is 389 Å². The molecule has 0 aliphatic heterocycles. The maximum atomic E-state index is 13.0. The third-order valence-corrected chi connectivity index (χ3v) is 18.3. The van der Waals surface area contributed by atoms with Gasteiger partial charge in [0.1, 0.15) is 13.2 Å². The lowest BCUT2D eigenvalue weighted by Crippen LogP contribution is -2.40. The van der Waals surface area contributed by atoms with Gasteiger partial charge in [0.25, 0.3) is 6.29 Å². The molecule has 0 bridgehead atoms. The molecule has 0 spiro atoms. The molecule has 0 saturated heterocycles. The molecule has 0 aromatic carbocycles. The lowest BCUT2D eigenvalue weighted by atomic mass is 10.0. The first-order valence-corrected chi connectivity index (χ1v) is 40.5. The first-order valence-electron chi connectivity index (χ1n) is 40.5. The van der Waals surface area contributed by atoms with Crippen LogP contribution in [0.15, 0.2) is 60.8 Å². The Balaban J connectivity index is 3.97. The second-order valence-electron chi connectivity index (χ2n) is 28.7. The quantitative estimate of drug-likeness (QED) is 0.0211. The van der Waals surface area contributed by atoms with Gasteiger partial charge in [0.05, 0.1) is 34.4 Å². The van der Waals surface area contributed by atoms with E-state index in [-0.39, 0.29) is 38.2 Å². The molecule has 1 N–H and O–H groups in total. The number of hydrogen-bond donors (Lipinski definition) is 1. The predicted molar refractivity (Wildman–Crippen MR) is 401 cm³/mol. The minimum atomic E-state index is -1.51. The highest BCUT2D eigenvalue weighted by Crippen LogP contribution is 2.20. The van der Waals surface area contributed by atoms with Crippen LogP contribution in [0, 0.1) is 0 Å². The number of carbonyl (C=O) groups excluding carboxylic acids is 2. The summed E-state index contributed by atoms with van der Waals surface area (Å²) in [4.78, 5) is 37.7. The van der Waals surface area contributed by atoms with Gasteiger partial charge in [-0.25, -0.2) is 4.79 Å². The monoisotopic (exact) mass is 1310 g/mol. The Kier molecular flexibility index (Phi) is 72.4. The molecule has 0 amide bonds. The summed E-state index contributed by atoms with van der Waals surface area (Å²) in [5.74, 6) is -1.97. The number of allylic oxidation sites excluding steroid dienone is 10. The smallest absolute Gasteiger partial charge is 0.361 e. The van der Waals surface area contributed by atoms with Gasteiger partial charge in [0, 0.05) is 12.8 Å². The summed E-state index contributed by atoms with van der Waals surface area (Å²) in [5.41, 5.74) is 0. The summed E-state index contributed by atoms with van der Waals surface area (Å²) in [6, 6.07) is 0. The standard InChI is InChI=1S/C84H155NO8/c1-6-8-10-12-14-16-18-20-22-24-26-28-30-32-34-36-38-40-41-43-45-47-49-51-53-55-57-59-61-63-65-67-69-71-73-75-82(87)93-80(79-92-84(83(88)89)90-77-76-85(3,4)5)78-91-81(86)74-72-70-68-66-64-62-60-58-56-54-52-50-48-46-44-42-39-37-35-33-31-29-27-25-23-21-19-17-15-13-11-9-7-2/h8,10,14,16,20,22,26,28,32,34,80,84H,6-7,9,11-13,15,17-19,21,23-25,27,29-31,33,35-79H2,1-5H3/p+1/b10-8-,16-14-,22-20-,28-26-,34-32-. The van der Waals surface area contributed by atoms with E-state index >= 15 is 0 Å². The second kappa shape index (κ2) is 74.8. The zero-order valence-electron chi connectivity index (χ0n) is 62.4. The zero-order valence-corrected chi connectivity index (χ0v) is 62.4. The summed E-state index contributed by atoms with van der Waals surface area (Å²) in [6.07, 6.45) is 96.7. The summed E-state index contributed by atoms with van der Waals surface area (Å²) >= 11 is 0. The van der Waals surface area contributed by atoms with E-state index in [1.54, 1.807) is 0 Å². The fourth-order valence-corrected chi connectivity index (χ4v) is 12.2. The van der Waals surface area contributed by atoms with Crippen LogP contribution in [0.3, 0.4) is 0 Å². The molecule has 544 valence electrons. The summed E-state index contributed by atoms with van der Waals surface area (Å²) < 4.78 is 23.1. The van der Waals surface area contributed by atoms with Crippen LogP contribution in [-0.4, -0.2) is 87.4 Å². The SMILES string of the molecule is CC/C=C\C/C=C\C/C=C\C/C=C\C/C=C\CCCCCCCCCCCCCCCCCCCCCC(=O)OC(COC(=O)CCCCCCCCCCCCCCCCCCCCCCCCCCCCCCCCCCC)COC(OCC[N+](C)(C)C)C(=O)O. The van der Waals surface area contributed by atoms with E-state index in [0.29, 0.717) is 17.4 Å². The normalized spacial score (nSPS) is 12.9. The molecule has 9 heteroatoms. The van der Waals surface area contributed by atoms with E-state index < -0.39 is 18.4 Å². The molecule has 2 unspecified atom stereocenters. The van der Waals surface area contributed by atoms with Gasteiger partial charge in [-0.3, -0.25) is 9.59 Å². The van der Waals surface area contributed by atoms with Crippen LogP contribution in [0.25, 0.3) is 0 Å². The van der Waals surface area contributed by atoms with Crippen molar-refractivity contribution in [2.45, 2.75) is 411 Å². The van der Waals surface area contributed by atoms with Gasteiger partial charge in [0.2, 0.25) is 0 Å². The van der Waals surface area contributed by atoms with Crippen LogP contribution < -0.4 is 0 Å². The molecule has 0 rings (SSSR count). The third kappa shape index (κ3) is 76.2. The van der Waals surface area contributed by atoms with Crippen molar-refractivity contribution in [1.29, 1.82) is 0 Å². The van der Waals surface area contributed by atoms with Crippen LogP contribution in [0.4, 0.5) is 0 Å². The predicted octanol–water partition coefficient (Wildman–Crippen LogP) is 25.8. The number of nitrogens with zero attached hydrogens (tertiary/aromatic N) is 1. The molecule has 0 aliphatic rings. The number of likely N-dealkylation sites (N-methyl/N-ethyl adjacent to an activating group) is 1. The average Bonchev–Trinajstić information content (AvgIpc) is 3.74. The number of aliphatic carboxylic acids is 1. The minimum absolute atomic E-state index is 0.176. The number of esters is 2. The van der Waals surface area contributed by atoms with Gasteiger partial charge in [-0.15, -0.1) is 0 Å². The number of rotatable bonds is 76. The Hall–Kier alpha value is -3.01. The third-order valence-electron chi connectivity index (χ3n) is 18.3. The molecular weight excluding hydrogens is 1150 g/mol. The maximum absolute atomic E-state index is 13.0. The highest BCUT2D eigenvalue weighted by Gasteiger charge is 2.25. The van der Waals surface area contributed by atoms with Crippen LogP contribution in [0.1, 0.15) is 399 Å². The minimum Gasteiger partial charge on any atom is -0.477 e. The molecular formula is C84H156NO8+. The van der Waals surface area contributed by atoms with Crippen LogP contribution in [-0.2, 0) is 33.3 Å². The van der Waals surface area contributed by atoms with Crippen molar-refractivity contribution in [3.05, 3.63) is 60.8 Å². The zero-order chi connectivity index (χ0) is 67.5. The van der Waals surface area contributed by atoms with Gasteiger partial charge in [0.15, 0.2) is 6.10 Å². The number of hydrogen-bond acceptors (Lipinski definition) is 7. The molecule has 9 nitrogen and oxygen atoms in total. The molecule has 93 heavy (non-hydrogen) atoms. The molecule has 2 atom stereocenters. The van der Waals surface area contributed by atoms with Crippen molar-refractivity contribution < 1.29 is 42.9 Å². The number of unbranched alkanes of at least 4 members (excludes halogenated alkanes) is 51. The van der Waals surface area contributed by atoms with Crippen LogP contribution in [0.2, 0.25) is 0 Å². The molecule has 0 aromatic rings. The largest absolute Gasteiger partial charge is 0.477 e. The lowest BCUT2D eigenvalue weighted by Gasteiger charge is -2.25. The summed E-state index contributed by atoms with van der Waals surface area (Å²) in [5, 5.41) is 9.78. The molecule has 0 aromatic heterocycles. The molecule has 0 aliphatic carbocycles. The lowest BCUT2D eigenvalue weighted by molar-refractivity contribution is -0.870. The van der Waals surface area contributed by atoms with Crippen molar-refractivity contribution in [2.24, 2.45) is 0 Å². The Morgan fingerprint density at radius 2 is 0.613 bits per heavy atom. The van der Waals surface area contributed by atoms with Gasteiger partial charge >= 0.3 is 17.9 Å². The fraction of sp³-hybridized carbons (Fsp3) is 0.845. The number of quaternary nitrogens is 1. The van der Waals surface area contributed by atoms with Gasteiger partial charge in [-0.05, 0) is 57.8 Å². The van der Waals surface area contributed by atoms with Crippen LogP contribution >= 0.6 is 0 Å². The fourth-order valence-electron chi connectivity index (χ4n) is 12.2. The van der Waals surface area contributed by atoms with Crippen molar-refractivity contribution in [3.63, 3.8) is 0 Å². The van der Waals surface area contributed by atoms with Crippen molar-refractivity contribution in [3.8, 4) is 0 Å². The van der Waals surface area contributed by atoms with E-state index in [2.05, 4.69) is 74.6 Å². The number of carboxylic acid groups (broad SMARTS) is 1. The van der Waals surface area contributed by atoms with Crippen molar-refractivity contribution in [1.82, 2.24) is 0 Å². The first-order chi connectivity index (χ1) is 45.6. The van der Waals surface area contributed by atoms with Gasteiger partial charge in [-0.2, -0.15) is 0 Å².